The van der Waals surface area contributed by atoms with Crippen molar-refractivity contribution < 1.29 is 135 Å². The monoisotopic (exact) mass is 1790 g/mol. The fraction of sp³-hybridized carbons (Fsp3) is 1.00. The van der Waals surface area contributed by atoms with Gasteiger partial charge < -0.3 is 126 Å². The summed E-state index contributed by atoms with van der Waals surface area (Å²) in [5.41, 5.74) is 0. The summed E-state index contributed by atoms with van der Waals surface area (Å²) in [7, 11) is 52.7. The van der Waals surface area contributed by atoms with Gasteiger partial charge in [-0.15, -0.1) is 0 Å². The van der Waals surface area contributed by atoms with Crippen LogP contribution in [0.15, 0.2) is 0 Å². The van der Waals surface area contributed by atoms with E-state index in [1.54, 1.807) is 49.6 Å². The van der Waals surface area contributed by atoms with E-state index in [1.165, 1.54) is 49.6 Å². The first kappa shape index (κ1) is 127. The third-order valence-corrected chi connectivity index (χ3v) is 24.3. The Morgan fingerprint density at radius 3 is 0.792 bits per heavy atom. The molecule has 120 heavy (non-hydrogen) atoms. The summed E-state index contributed by atoms with van der Waals surface area (Å²) in [6.07, 6.45) is -6.28. The highest BCUT2D eigenvalue weighted by Gasteiger charge is 2.50. The van der Waals surface area contributed by atoms with Gasteiger partial charge in [0.15, 0.2) is 0 Å². The molecule has 8 aliphatic heterocycles. The fourth-order valence-corrected chi connectivity index (χ4v) is 18.3. The van der Waals surface area contributed by atoms with Crippen LogP contribution in [0.4, 0.5) is 0 Å². The molecule has 0 aliphatic carbocycles. The maximum atomic E-state index is 12.9. The maximum Gasteiger partial charge on any atom is 0.328 e. The van der Waals surface area contributed by atoms with E-state index in [2.05, 4.69) is 0 Å². The molecule has 47 heteroatoms. The summed E-state index contributed by atoms with van der Waals surface area (Å²) in [5.74, 6) is -0.362. The minimum absolute atomic E-state index is 0.0305. The minimum Gasteiger partial charge on any atom is -0.780 e. The van der Waals surface area contributed by atoms with E-state index in [0.29, 0.717) is 26.4 Å². The molecule has 12 unspecified atom stereocenters. The third-order valence-electron chi connectivity index (χ3n) is 19.8. The van der Waals surface area contributed by atoms with Crippen LogP contribution in [0.25, 0.3) is 0 Å². The van der Waals surface area contributed by atoms with Gasteiger partial charge in [0.1, 0.15) is 70.0 Å². The second-order valence-electron chi connectivity index (χ2n) is 26.7. The highest BCUT2D eigenvalue weighted by atomic mass is 32.5. The van der Waals surface area contributed by atoms with Crippen molar-refractivity contribution in [2.45, 2.75) is 312 Å². The van der Waals surface area contributed by atoms with E-state index in [-0.39, 0.29) is 159 Å². The van der Waals surface area contributed by atoms with Crippen molar-refractivity contribution >= 4 is 140 Å². The van der Waals surface area contributed by atoms with Gasteiger partial charge >= 0.3 is 7.60 Å². The van der Waals surface area contributed by atoms with Crippen LogP contribution in [0, 0.1) is 47.3 Å². The van der Waals surface area contributed by atoms with Gasteiger partial charge in [0, 0.05) is 190 Å². The number of phosphoric acid groups is 1. The number of hydrogen-bond donors (Lipinski definition) is 0. The summed E-state index contributed by atoms with van der Waals surface area (Å²) in [5, 5.41) is 0. The molecule has 0 bridgehead atoms. The molecule has 0 spiro atoms. The lowest BCUT2D eigenvalue weighted by atomic mass is 9.49. The highest BCUT2D eigenvalue weighted by molar-refractivity contribution is 8.06. The lowest BCUT2D eigenvalue weighted by Crippen LogP contribution is -2.34. The van der Waals surface area contributed by atoms with E-state index < -0.39 is 97.8 Å². The Hall–Kier alpha value is 1.14. The largest absolute Gasteiger partial charge is 0.780 e. The zero-order valence-corrected chi connectivity index (χ0v) is 82.5. The molecule has 36 atom stereocenters. The van der Waals surface area contributed by atoms with Gasteiger partial charge in [0.05, 0.1) is 162 Å². The van der Waals surface area contributed by atoms with Crippen LogP contribution in [0.2, 0.25) is 0 Å². The van der Waals surface area contributed by atoms with Gasteiger partial charge in [-0.1, -0.05) is 178 Å². The SMILES string of the molecule is CC.CC.CC.CC.CC.CC.CC.CC.[B][B][C@@H]1O[C@H](COP(=O)([O-])OC2[C@H]([B])O[C@H](COC)[C@@H]2C)[C@H](OC)C1C.[B][B][C@@H]1O[C@H](COP(C)(=O)OC2[C@H]([B])O[C@H](COC)[C@@H]2C)[C@H](OC)C1C.[B][B][C@@H]1O[C@H](COP([BH3-])(=O)OC2[C@H]([B])O[C@H](COC)[C@@H]2C)[C@H](OC)C1C.[B][B][C@@H]1O[C@H](COP([O-])(=S)OC2[C@H]([B])O[C@H](COC)[C@@H]2C)[C@H](OC)C1C. The van der Waals surface area contributed by atoms with Crippen LogP contribution < -0.4 is 9.79 Å². The average Bonchev–Trinajstić information content (AvgIpc) is 1.66. The Kier molecular flexibility index (Phi) is 73.3. The van der Waals surface area contributed by atoms with Gasteiger partial charge in [-0.2, -0.15) is 0 Å². The summed E-state index contributed by atoms with van der Waals surface area (Å²) in [4.78, 5) is 24.8. The number of ether oxygens (including phenoxy) is 16. The average molecular weight is 1790 g/mol. The molecular formula is C73H150B13O29P4S-3. The fourth-order valence-electron chi connectivity index (χ4n) is 13.7. The normalized spacial score (nSPS) is 37.4. The van der Waals surface area contributed by atoms with Crippen molar-refractivity contribution in [2.75, 3.05) is 116 Å². The second-order valence-corrected chi connectivity index (χ2v) is 33.7. The van der Waals surface area contributed by atoms with Gasteiger partial charge in [-0.25, -0.2) is 0 Å². The van der Waals surface area contributed by atoms with Crippen LogP contribution >= 0.6 is 29.6 Å². The first-order valence-corrected chi connectivity index (χ1v) is 49.2. The molecule has 8 aliphatic rings. The number of methoxy groups -OCH3 is 8. The number of phosphoric ester groups is 1. The Balaban J connectivity index is -0.000000706. The first-order valence-electron chi connectivity index (χ1n) is 42.1. The molecule has 0 amide bonds. The molecule has 8 heterocycles. The second kappa shape index (κ2) is 69.1. The molecule has 8 rings (SSSR count). The lowest BCUT2D eigenvalue weighted by molar-refractivity contribution is -0.233. The molecule has 0 N–H and O–H groups in total. The summed E-state index contributed by atoms with van der Waals surface area (Å²) < 4.78 is 169. The number of hydrogen-bond acceptors (Lipinski definition) is 30. The zero-order valence-electron chi connectivity index (χ0n) is 78.1. The Morgan fingerprint density at radius 1 is 0.317 bits per heavy atom. The van der Waals surface area contributed by atoms with Crippen molar-refractivity contribution in [3.8, 4) is 0 Å². The molecular weight excluding hydrogens is 1640 g/mol. The Morgan fingerprint density at radius 2 is 0.542 bits per heavy atom. The van der Waals surface area contributed by atoms with Crippen LogP contribution in [-0.2, 0) is 137 Å². The van der Waals surface area contributed by atoms with Crippen molar-refractivity contribution in [3.63, 3.8) is 0 Å². The van der Waals surface area contributed by atoms with Gasteiger partial charge in [0.25, 0.3) is 7.82 Å². The predicted octanol–water partition coefficient (Wildman–Crippen LogP) is 6.47. The topological polar surface area (TPSA) is 319 Å². The van der Waals surface area contributed by atoms with E-state index in [1.807, 2.05) is 159 Å². The Labute approximate surface area is 746 Å². The molecule has 0 aromatic rings. The molecule has 0 aromatic carbocycles. The number of rotatable bonds is 36. The molecule has 8 saturated heterocycles. The van der Waals surface area contributed by atoms with Crippen molar-refractivity contribution in [1.29, 1.82) is 0 Å². The minimum atomic E-state index is -4.63. The van der Waals surface area contributed by atoms with E-state index >= 15 is 0 Å². The van der Waals surface area contributed by atoms with Crippen molar-refractivity contribution in [1.82, 2.24) is 0 Å². The smallest absolute Gasteiger partial charge is 0.328 e. The molecule has 0 aromatic heterocycles. The summed E-state index contributed by atoms with van der Waals surface area (Å²) in [6, 6.07) is -4.05. The van der Waals surface area contributed by atoms with Crippen LogP contribution in [0.1, 0.15) is 166 Å². The molecule has 0 saturated carbocycles. The first-order chi connectivity index (χ1) is 56.9. The zero-order chi connectivity index (χ0) is 93.9. The predicted molar refractivity (Wildman–Crippen MR) is 489 cm³/mol. The molecule has 8 fully saturated rings. The Bertz CT molecular complexity index is 2370. The standard InChI is InChI=1S/C15H27B3O7P.C14H27B4O7P.C14H25B3O8P.C14H25B3O7PS.8C2H6/c1-8-10(6-20-3)23-14(16)13(8)25-26(5,19)22-7-11-12(21-4)9(2)15(18-17)24-11;1-7-9(5-20-3)23-13(15)12(7)25-26(17,19)22-6-10-11(21-4)8(2)14(18-16)24-10;1-7-9(5-20-3)23-13(15)12(7)25-26(18,19)22-6-10-11(21-4)8(2)14(17-16)24-10;1-7-9(5-19-3)22-13(15)12(7)24-25(18,26)21-6-10-11(20-4)8(2)14(17-16)23-10;8*1-2/h8-15H,6-7H2,1-5H3;7-14H,5-6H2,1-4,17H3;7-14H,5-6H2,1-4H3,(H,18,19);7-14H,5-6H2,1-4H3,(H,18,26);8*1-2H3/q;-1;;;;;;;;;;/p-2/t8-,9?,10+,11+,12+,13?,14+,15+,26?;7-,8?,9+,10+,11+,12?,13+,14+,26?;7-,8?,9+,10+,11+,12?,13+,14+;7-,8?,9+,10+,11+,12?,13+,14+,25?;;;;;;;;/m0000......../s1. The van der Waals surface area contributed by atoms with Gasteiger partial charge in [0.2, 0.25) is 0 Å². The maximum absolute atomic E-state index is 12.9. The van der Waals surface area contributed by atoms with E-state index in [4.69, 9.17) is 186 Å². The van der Waals surface area contributed by atoms with Crippen LogP contribution in [0.5, 0.6) is 0 Å². The molecule has 20 radical (unpaired) electrons. The highest BCUT2D eigenvalue weighted by Crippen LogP contribution is 2.52. The van der Waals surface area contributed by atoms with E-state index in [9.17, 15) is 23.5 Å². The van der Waals surface area contributed by atoms with Crippen molar-refractivity contribution in [3.05, 3.63) is 0 Å². The quantitative estimate of drug-likeness (QED) is 0.0479. The van der Waals surface area contributed by atoms with E-state index in [0.717, 1.165) is 0 Å². The van der Waals surface area contributed by atoms with Crippen LogP contribution in [0.3, 0.4) is 0 Å². The lowest BCUT2D eigenvalue weighted by Gasteiger charge is -2.34. The van der Waals surface area contributed by atoms with Gasteiger partial charge in [-0.05, 0) is 0 Å². The molecule has 684 valence electrons. The molecule has 29 nitrogen and oxygen atoms in total. The summed E-state index contributed by atoms with van der Waals surface area (Å²) >= 11 is 5.03. The summed E-state index contributed by atoms with van der Waals surface area (Å²) in [6.45, 7) is 46.4. The third kappa shape index (κ3) is 41.1. The van der Waals surface area contributed by atoms with Gasteiger partial charge in [-0.3, -0.25) is 9.13 Å². The van der Waals surface area contributed by atoms with Crippen molar-refractivity contribution in [2.24, 2.45) is 47.3 Å². The van der Waals surface area contributed by atoms with Crippen LogP contribution in [-0.4, -0.2) is 361 Å².